The van der Waals surface area contributed by atoms with Crippen LogP contribution in [0.2, 0.25) is 5.02 Å². The zero-order chi connectivity index (χ0) is 10.8. The molecule has 78 valence electrons. The van der Waals surface area contributed by atoms with Crippen LogP contribution in [0.5, 0.6) is 0 Å². The largest absolute Gasteiger partial charge is 0.390 e. The second kappa shape index (κ2) is 4.00. The molecule has 0 radical (unpaired) electrons. The van der Waals surface area contributed by atoms with Crippen molar-refractivity contribution >= 4 is 11.6 Å². The zero-order valence-corrected chi connectivity index (χ0v) is 8.45. The number of aliphatic hydroxyl groups is 1. The number of hydrogen-bond donors (Lipinski definition) is 1. The summed E-state index contributed by atoms with van der Waals surface area (Å²) in [5.74, 6) is -0.463. The van der Waals surface area contributed by atoms with Gasteiger partial charge < -0.3 is 5.11 Å². The number of halogens is 2. The molecular weight excluding hydrogens is 219 g/mol. The van der Waals surface area contributed by atoms with Crippen LogP contribution in [-0.2, 0) is 6.61 Å². The minimum absolute atomic E-state index is 0.0496. The molecule has 2 rings (SSSR count). The van der Waals surface area contributed by atoms with Crippen molar-refractivity contribution in [2.24, 2.45) is 0 Å². The second-order valence-corrected chi connectivity index (χ2v) is 3.42. The van der Waals surface area contributed by atoms with Gasteiger partial charge in [-0.2, -0.15) is 5.10 Å². The lowest BCUT2D eigenvalue weighted by molar-refractivity contribution is 0.276. The van der Waals surface area contributed by atoms with Crippen molar-refractivity contribution in [3.05, 3.63) is 47.0 Å². The number of nitrogens with zero attached hydrogens (tertiary/aromatic N) is 2. The maximum atomic E-state index is 12.9. The third-order valence-corrected chi connectivity index (χ3v) is 2.26. The van der Waals surface area contributed by atoms with E-state index in [0.29, 0.717) is 11.4 Å². The van der Waals surface area contributed by atoms with Crippen LogP contribution in [0.15, 0.2) is 30.5 Å². The molecule has 0 aliphatic carbocycles. The van der Waals surface area contributed by atoms with Crippen molar-refractivity contribution < 1.29 is 9.50 Å². The van der Waals surface area contributed by atoms with Crippen LogP contribution in [0.4, 0.5) is 4.39 Å². The van der Waals surface area contributed by atoms with E-state index in [1.807, 2.05) is 0 Å². The Hall–Kier alpha value is -1.39. The molecule has 1 heterocycles. The highest BCUT2D eigenvalue weighted by Gasteiger charge is 2.04. The van der Waals surface area contributed by atoms with Gasteiger partial charge in [0.25, 0.3) is 0 Å². The fraction of sp³-hybridized carbons (Fsp3) is 0.100. The number of aliphatic hydroxyl groups excluding tert-OH is 1. The third-order valence-electron chi connectivity index (χ3n) is 1.97. The van der Waals surface area contributed by atoms with Crippen LogP contribution >= 0.6 is 11.6 Å². The highest BCUT2D eigenvalue weighted by Crippen LogP contribution is 2.18. The predicted molar refractivity (Wildman–Crippen MR) is 54.5 cm³/mol. The lowest BCUT2D eigenvalue weighted by Gasteiger charge is -2.02. The van der Waals surface area contributed by atoms with E-state index >= 15 is 0 Å². The average Bonchev–Trinajstić information content (AvgIpc) is 2.70. The summed E-state index contributed by atoms with van der Waals surface area (Å²) in [5.41, 5.74) is 1.21. The van der Waals surface area contributed by atoms with Gasteiger partial charge in [-0.15, -0.1) is 0 Å². The molecule has 0 unspecified atom stereocenters. The average molecular weight is 227 g/mol. The highest BCUT2D eigenvalue weighted by molar-refractivity contribution is 6.30. The first-order valence-corrected chi connectivity index (χ1v) is 4.69. The van der Waals surface area contributed by atoms with E-state index < -0.39 is 5.82 Å². The van der Waals surface area contributed by atoms with Crippen LogP contribution in [0.25, 0.3) is 5.69 Å². The molecule has 0 aliphatic rings. The highest BCUT2D eigenvalue weighted by atomic mass is 35.5. The zero-order valence-electron chi connectivity index (χ0n) is 7.69. The predicted octanol–water partition coefficient (Wildman–Crippen LogP) is 2.16. The second-order valence-electron chi connectivity index (χ2n) is 3.01. The maximum absolute atomic E-state index is 12.9. The normalized spacial score (nSPS) is 10.6. The molecule has 0 amide bonds. The molecular formula is C10H8ClFN2O. The molecule has 0 aliphatic heterocycles. The molecule has 15 heavy (non-hydrogen) atoms. The van der Waals surface area contributed by atoms with Crippen molar-refractivity contribution in [2.75, 3.05) is 0 Å². The number of hydrogen-bond acceptors (Lipinski definition) is 2. The SMILES string of the molecule is OCc1ccn(-c2ccc(F)c(Cl)c2)n1. The molecule has 2 aromatic rings. The molecule has 0 fully saturated rings. The van der Waals surface area contributed by atoms with Crippen LogP contribution in [0, 0.1) is 5.82 Å². The van der Waals surface area contributed by atoms with Gasteiger partial charge >= 0.3 is 0 Å². The summed E-state index contributed by atoms with van der Waals surface area (Å²) < 4.78 is 14.4. The van der Waals surface area contributed by atoms with E-state index in [1.54, 1.807) is 18.3 Å². The Morgan fingerprint density at radius 1 is 1.40 bits per heavy atom. The van der Waals surface area contributed by atoms with Gasteiger partial charge in [0, 0.05) is 6.20 Å². The Balaban J connectivity index is 2.40. The maximum Gasteiger partial charge on any atom is 0.141 e. The number of benzene rings is 1. The minimum Gasteiger partial charge on any atom is -0.390 e. The van der Waals surface area contributed by atoms with E-state index in [-0.39, 0.29) is 11.6 Å². The van der Waals surface area contributed by atoms with Crippen molar-refractivity contribution in [3.8, 4) is 5.69 Å². The van der Waals surface area contributed by atoms with Crippen molar-refractivity contribution in [1.82, 2.24) is 9.78 Å². The van der Waals surface area contributed by atoms with Crippen LogP contribution in [0.3, 0.4) is 0 Å². The third kappa shape index (κ3) is 2.00. The molecule has 0 saturated heterocycles. The Bertz CT molecular complexity index is 484. The van der Waals surface area contributed by atoms with Crippen molar-refractivity contribution in [2.45, 2.75) is 6.61 Å². The fourth-order valence-electron chi connectivity index (χ4n) is 1.22. The van der Waals surface area contributed by atoms with Gasteiger partial charge in [0.15, 0.2) is 0 Å². The van der Waals surface area contributed by atoms with E-state index in [4.69, 9.17) is 16.7 Å². The molecule has 0 atom stereocenters. The lowest BCUT2D eigenvalue weighted by atomic mass is 10.3. The first-order chi connectivity index (χ1) is 7.20. The molecule has 0 spiro atoms. The van der Waals surface area contributed by atoms with E-state index in [2.05, 4.69) is 5.10 Å². The smallest absolute Gasteiger partial charge is 0.141 e. The summed E-state index contributed by atoms with van der Waals surface area (Å²) in [6.45, 7) is -0.123. The van der Waals surface area contributed by atoms with Crippen LogP contribution in [0.1, 0.15) is 5.69 Å². The van der Waals surface area contributed by atoms with Crippen molar-refractivity contribution in [3.63, 3.8) is 0 Å². The summed E-state index contributed by atoms with van der Waals surface area (Å²) >= 11 is 5.64. The molecule has 1 aromatic heterocycles. The van der Waals surface area contributed by atoms with Gasteiger partial charge in [-0.1, -0.05) is 11.6 Å². The Kier molecular flexibility index (Phi) is 2.70. The molecule has 3 nitrogen and oxygen atoms in total. The van der Waals surface area contributed by atoms with Crippen LogP contribution in [-0.4, -0.2) is 14.9 Å². The summed E-state index contributed by atoms with van der Waals surface area (Å²) in [7, 11) is 0. The van der Waals surface area contributed by atoms with Gasteiger partial charge in [-0.25, -0.2) is 9.07 Å². The fourth-order valence-corrected chi connectivity index (χ4v) is 1.39. The van der Waals surface area contributed by atoms with Crippen LogP contribution < -0.4 is 0 Å². The van der Waals surface area contributed by atoms with E-state index in [1.165, 1.54) is 16.8 Å². The molecule has 1 N–H and O–H groups in total. The monoisotopic (exact) mass is 226 g/mol. The van der Waals surface area contributed by atoms with Gasteiger partial charge in [0.05, 0.1) is 23.0 Å². The van der Waals surface area contributed by atoms with Gasteiger partial charge in [0.1, 0.15) is 5.82 Å². The van der Waals surface area contributed by atoms with E-state index in [0.717, 1.165) is 0 Å². The Morgan fingerprint density at radius 3 is 2.80 bits per heavy atom. The molecule has 5 heteroatoms. The Labute approximate surface area is 90.7 Å². The standard InChI is InChI=1S/C10H8ClFN2O/c11-9-5-8(1-2-10(9)12)14-4-3-7(6-15)13-14/h1-5,15H,6H2. The number of rotatable bonds is 2. The minimum atomic E-state index is -0.463. The summed E-state index contributed by atoms with van der Waals surface area (Å²) in [5, 5.41) is 12.9. The Morgan fingerprint density at radius 2 is 2.20 bits per heavy atom. The lowest BCUT2D eigenvalue weighted by Crippen LogP contribution is -1.96. The van der Waals surface area contributed by atoms with Gasteiger partial charge in [-0.3, -0.25) is 0 Å². The first kappa shape index (κ1) is 10.1. The molecule has 0 saturated carbocycles. The topological polar surface area (TPSA) is 38.0 Å². The van der Waals surface area contributed by atoms with Gasteiger partial charge in [0.2, 0.25) is 0 Å². The van der Waals surface area contributed by atoms with Gasteiger partial charge in [-0.05, 0) is 24.3 Å². The summed E-state index contributed by atoms with van der Waals surface area (Å²) in [4.78, 5) is 0. The number of aromatic nitrogens is 2. The van der Waals surface area contributed by atoms with Crippen molar-refractivity contribution in [1.29, 1.82) is 0 Å². The molecule has 1 aromatic carbocycles. The molecule has 0 bridgehead atoms. The summed E-state index contributed by atoms with van der Waals surface area (Å²) in [6.07, 6.45) is 1.68. The quantitative estimate of drug-likeness (QED) is 0.852. The summed E-state index contributed by atoms with van der Waals surface area (Å²) in [6, 6.07) is 6.00. The first-order valence-electron chi connectivity index (χ1n) is 4.31. The van der Waals surface area contributed by atoms with E-state index in [9.17, 15) is 4.39 Å².